The van der Waals surface area contributed by atoms with Crippen molar-refractivity contribution in [2.24, 2.45) is 0 Å². The van der Waals surface area contributed by atoms with Crippen LogP contribution in [0.4, 0.5) is 4.79 Å². The second kappa shape index (κ2) is 8.77. The molecule has 2 rings (SSSR count). The lowest BCUT2D eigenvalue weighted by molar-refractivity contribution is -0.140. The number of likely N-dealkylation sites (tertiary alicyclic amines) is 1. The lowest BCUT2D eigenvalue weighted by Gasteiger charge is -2.39. The van der Waals surface area contributed by atoms with Crippen molar-refractivity contribution in [1.82, 2.24) is 9.80 Å². The van der Waals surface area contributed by atoms with Gasteiger partial charge in [0.1, 0.15) is 11.6 Å². The van der Waals surface area contributed by atoms with Crippen LogP contribution < -0.4 is 0 Å². The van der Waals surface area contributed by atoms with E-state index in [4.69, 9.17) is 4.74 Å². The van der Waals surface area contributed by atoms with Gasteiger partial charge in [-0.15, -0.1) is 0 Å². The summed E-state index contributed by atoms with van der Waals surface area (Å²) in [5.41, 5.74) is 1.74. The Hall–Kier alpha value is -2.04. The number of aryl methyl sites for hydroxylation is 1. The van der Waals surface area contributed by atoms with Crippen LogP contribution in [0.3, 0.4) is 0 Å². The molecular formula is C22H34N2O3. The van der Waals surface area contributed by atoms with Crippen LogP contribution in [0.25, 0.3) is 0 Å². The molecule has 1 fully saturated rings. The molecule has 5 heteroatoms. The number of piperidine rings is 1. The van der Waals surface area contributed by atoms with Gasteiger partial charge in [0.25, 0.3) is 0 Å². The van der Waals surface area contributed by atoms with Gasteiger partial charge in [-0.1, -0.05) is 24.3 Å². The average Bonchev–Trinajstić information content (AvgIpc) is 2.58. The molecule has 1 aliphatic rings. The van der Waals surface area contributed by atoms with Crippen molar-refractivity contribution in [2.75, 3.05) is 6.54 Å². The number of carbonyl (C=O) groups excluding carboxylic acids is 2. The molecule has 1 aromatic carbocycles. The van der Waals surface area contributed by atoms with Crippen molar-refractivity contribution in [2.45, 2.75) is 85.0 Å². The Morgan fingerprint density at radius 2 is 1.89 bits per heavy atom. The molecule has 27 heavy (non-hydrogen) atoms. The summed E-state index contributed by atoms with van der Waals surface area (Å²) in [6.07, 6.45) is 2.16. The first-order valence-electron chi connectivity index (χ1n) is 9.95. The highest BCUT2D eigenvalue weighted by molar-refractivity contribution is 5.86. The summed E-state index contributed by atoms with van der Waals surface area (Å²) in [5, 5.41) is 0. The van der Waals surface area contributed by atoms with Crippen LogP contribution in [-0.4, -0.2) is 46.0 Å². The fourth-order valence-corrected chi connectivity index (χ4v) is 3.40. The Morgan fingerprint density at radius 3 is 2.48 bits per heavy atom. The first-order valence-corrected chi connectivity index (χ1v) is 9.95. The molecule has 0 unspecified atom stereocenters. The van der Waals surface area contributed by atoms with E-state index in [1.54, 1.807) is 4.90 Å². The van der Waals surface area contributed by atoms with E-state index in [-0.39, 0.29) is 18.0 Å². The molecule has 1 aromatic rings. The second-order valence-electron chi connectivity index (χ2n) is 8.67. The minimum atomic E-state index is -0.568. The fraction of sp³-hybridized carbons (Fsp3) is 0.636. The zero-order valence-corrected chi connectivity index (χ0v) is 17.6. The maximum absolute atomic E-state index is 13.4. The fourth-order valence-electron chi connectivity index (χ4n) is 3.40. The van der Waals surface area contributed by atoms with Gasteiger partial charge in [-0.2, -0.15) is 0 Å². The summed E-state index contributed by atoms with van der Waals surface area (Å²) in [6.45, 7) is 12.8. The van der Waals surface area contributed by atoms with E-state index in [1.807, 2.05) is 51.7 Å². The summed E-state index contributed by atoms with van der Waals surface area (Å²) >= 11 is 0. The zero-order valence-electron chi connectivity index (χ0n) is 17.6. The van der Waals surface area contributed by atoms with E-state index >= 15 is 0 Å². The van der Waals surface area contributed by atoms with Gasteiger partial charge < -0.3 is 9.64 Å². The first kappa shape index (κ1) is 21.3. The number of nitrogens with zero attached hydrogens (tertiary/aromatic N) is 2. The highest BCUT2D eigenvalue weighted by Gasteiger charge is 2.37. The van der Waals surface area contributed by atoms with E-state index in [0.29, 0.717) is 19.5 Å². The van der Waals surface area contributed by atoms with Crippen LogP contribution in [0.15, 0.2) is 24.3 Å². The molecule has 1 saturated heterocycles. The minimum Gasteiger partial charge on any atom is -0.444 e. The van der Waals surface area contributed by atoms with Crippen molar-refractivity contribution in [3.05, 3.63) is 35.4 Å². The highest BCUT2D eigenvalue weighted by atomic mass is 16.6. The predicted octanol–water partition coefficient (Wildman–Crippen LogP) is 4.52. The predicted molar refractivity (Wildman–Crippen MR) is 107 cm³/mol. The zero-order chi connectivity index (χ0) is 20.2. The number of carbonyl (C=O) groups is 2. The van der Waals surface area contributed by atoms with E-state index in [1.165, 1.54) is 5.56 Å². The Bertz CT molecular complexity index is 664. The van der Waals surface area contributed by atoms with Crippen LogP contribution in [0.5, 0.6) is 0 Å². The van der Waals surface area contributed by atoms with Crippen LogP contribution in [0.2, 0.25) is 0 Å². The summed E-state index contributed by atoms with van der Waals surface area (Å²) in [4.78, 5) is 29.6. The lowest BCUT2D eigenvalue weighted by Crippen LogP contribution is -2.55. The summed E-state index contributed by atoms with van der Waals surface area (Å²) < 4.78 is 5.55. The van der Waals surface area contributed by atoms with Crippen molar-refractivity contribution in [1.29, 1.82) is 0 Å². The molecule has 5 nitrogen and oxygen atoms in total. The quantitative estimate of drug-likeness (QED) is 0.778. The molecule has 0 aliphatic carbocycles. The minimum absolute atomic E-state index is 0.0128. The molecule has 2 amide bonds. The van der Waals surface area contributed by atoms with Gasteiger partial charge in [-0.25, -0.2) is 4.79 Å². The topological polar surface area (TPSA) is 49.9 Å². The number of rotatable bonds is 4. The largest absolute Gasteiger partial charge is 0.444 e. The molecule has 0 radical (unpaired) electrons. The molecule has 150 valence electrons. The van der Waals surface area contributed by atoms with Crippen LogP contribution in [0, 0.1) is 6.92 Å². The van der Waals surface area contributed by atoms with Crippen molar-refractivity contribution in [3.63, 3.8) is 0 Å². The van der Waals surface area contributed by atoms with E-state index < -0.39 is 11.6 Å². The Morgan fingerprint density at radius 1 is 1.22 bits per heavy atom. The smallest absolute Gasteiger partial charge is 0.410 e. The Kier molecular flexibility index (Phi) is 6.90. The number of hydrogen-bond donors (Lipinski definition) is 0. The van der Waals surface area contributed by atoms with E-state index in [2.05, 4.69) is 19.1 Å². The van der Waals surface area contributed by atoms with Crippen LogP contribution in [-0.2, 0) is 16.1 Å². The number of amides is 2. The monoisotopic (exact) mass is 374 g/mol. The van der Waals surface area contributed by atoms with Gasteiger partial charge in [0.15, 0.2) is 0 Å². The molecule has 1 aliphatic heterocycles. The normalized spacial score (nSPS) is 17.7. The molecular weight excluding hydrogens is 340 g/mol. The molecule has 0 N–H and O–H groups in total. The van der Waals surface area contributed by atoms with Crippen LogP contribution >= 0.6 is 0 Å². The molecule has 0 spiro atoms. The number of benzene rings is 1. The van der Waals surface area contributed by atoms with Gasteiger partial charge in [-0.3, -0.25) is 9.69 Å². The van der Waals surface area contributed by atoms with Crippen molar-refractivity contribution < 1.29 is 14.3 Å². The maximum Gasteiger partial charge on any atom is 0.410 e. The second-order valence-corrected chi connectivity index (χ2v) is 8.67. The van der Waals surface area contributed by atoms with E-state index in [9.17, 15) is 9.59 Å². The summed E-state index contributed by atoms with van der Waals surface area (Å²) in [7, 11) is 0. The third kappa shape index (κ3) is 5.72. The molecule has 1 atom stereocenters. The SMILES string of the molecule is Cc1ccccc1CN(C(=O)[C@@H]1CCCCN1C(=O)OC(C)(C)C)C(C)C. The molecule has 0 aromatic heterocycles. The van der Waals surface area contributed by atoms with Gasteiger partial charge in [0, 0.05) is 19.1 Å². The summed E-state index contributed by atoms with van der Waals surface area (Å²) in [5.74, 6) is 0.0128. The summed E-state index contributed by atoms with van der Waals surface area (Å²) in [6, 6.07) is 7.74. The lowest BCUT2D eigenvalue weighted by atomic mass is 10.00. The van der Waals surface area contributed by atoms with E-state index in [0.717, 1.165) is 18.4 Å². The number of hydrogen-bond acceptors (Lipinski definition) is 3. The third-order valence-electron chi connectivity index (χ3n) is 4.92. The first-order chi connectivity index (χ1) is 12.6. The molecule has 0 bridgehead atoms. The standard InChI is InChI=1S/C22H34N2O3/c1-16(2)24(15-18-12-8-7-11-17(18)3)20(25)19-13-9-10-14-23(19)21(26)27-22(4,5)6/h7-8,11-12,16,19H,9-10,13-15H2,1-6H3/t19-/m0/s1. The highest BCUT2D eigenvalue weighted by Crippen LogP contribution is 2.24. The number of ether oxygens (including phenoxy) is 1. The van der Waals surface area contributed by atoms with Crippen molar-refractivity contribution in [3.8, 4) is 0 Å². The Labute approximate surface area is 163 Å². The van der Waals surface area contributed by atoms with Crippen molar-refractivity contribution >= 4 is 12.0 Å². The van der Waals surface area contributed by atoms with Gasteiger partial charge in [0.05, 0.1) is 0 Å². The maximum atomic E-state index is 13.4. The van der Waals surface area contributed by atoms with Gasteiger partial charge >= 0.3 is 6.09 Å². The van der Waals surface area contributed by atoms with Gasteiger partial charge in [0.2, 0.25) is 5.91 Å². The molecule has 1 heterocycles. The average molecular weight is 375 g/mol. The Balaban J connectivity index is 2.21. The molecule has 0 saturated carbocycles. The third-order valence-corrected chi connectivity index (χ3v) is 4.92. The van der Waals surface area contributed by atoms with Gasteiger partial charge in [-0.05, 0) is 71.9 Å². The van der Waals surface area contributed by atoms with Crippen LogP contribution in [0.1, 0.15) is 65.0 Å².